The van der Waals surface area contributed by atoms with Gasteiger partial charge in [0.05, 0.1) is 20.3 Å². The number of hydrogen-bond donors (Lipinski definition) is 3. The van der Waals surface area contributed by atoms with Crippen molar-refractivity contribution < 1.29 is 14.3 Å². The van der Waals surface area contributed by atoms with Gasteiger partial charge in [0, 0.05) is 6.07 Å². The minimum atomic E-state index is -0.276. The van der Waals surface area contributed by atoms with Crippen LogP contribution in [0.4, 0.5) is 5.82 Å². The molecule has 112 valence electrons. The Kier molecular flexibility index (Phi) is 4.32. The maximum Gasteiger partial charge on any atom is 0.269 e. The van der Waals surface area contributed by atoms with Gasteiger partial charge in [-0.1, -0.05) is 6.07 Å². The number of aromatic amines is 1. The molecule has 1 unspecified atom stereocenters. The molecule has 1 heterocycles. The van der Waals surface area contributed by atoms with E-state index in [9.17, 15) is 4.79 Å². The zero-order chi connectivity index (χ0) is 15.4. The van der Waals surface area contributed by atoms with Crippen LogP contribution in [-0.2, 0) is 0 Å². The molecule has 0 bridgehead atoms. The van der Waals surface area contributed by atoms with Crippen LogP contribution in [0.15, 0.2) is 24.3 Å². The highest BCUT2D eigenvalue weighted by Crippen LogP contribution is 2.29. The number of hydrogen-bond acceptors (Lipinski definition) is 5. The Labute approximate surface area is 122 Å². The second kappa shape index (κ2) is 6.17. The van der Waals surface area contributed by atoms with Crippen molar-refractivity contribution >= 4 is 11.7 Å². The lowest BCUT2D eigenvalue weighted by Crippen LogP contribution is -2.27. The number of rotatable bonds is 5. The van der Waals surface area contributed by atoms with Crippen molar-refractivity contribution in [3.8, 4) is 11.5 Å². The van der Waals surface area contributed by atoms with Crippen molar-refractivity contribution in [1.82, 2.24) is 15.5 Å². The maximum absolute atomic E-state index is 12.0. The lowest BCUT2D eigenvalue weighted by atomic mass is 10.1. The first-order valence-electron chi connectivity index (χ1n) is 6.38. The molecule has 2 aromatic rings. The summed E-state index contributed by atoms with van der Waals surface area (Å²) < 4.78 is 10.4. The smallest absolute Gasteiger partial charge is 0.269 e. The van der Waals surface area contributed by atoms with Gasteiger partial charge in [0.2, 0.25) is 0 Å². The van der Waals surface area contributed by atoms with E-state index in [1.807, 2.05) is 19.1 Å². The first kappa shape index (κ1) is 14.7. The number of benzene rings is 1. The van der Waals surface area contributed by atoms with Crippen LogP contribution >= 0.6 is 0 Å². The lowest BCUT2D eigenvalue weighted by molar-refractivity contribution is 0.0934. The molecule has 0 aliphatic carbocycles. The van der Waals surface area contributed by atoms with Gasteiger partial charge in [-0.3, -0.25) is 9.89 Å². The number of anilines is 1. The third-order valence-electron chi connectivity index (χ3n) is 3.10. The molecule has 0 aliphatic rings. The minimum absolute atomic E-state index is 0.207. The number of nitrogens with zero attached hydrogens (tertiary/aromatic N) is 1. The van der Waals surface area contributed by atoms with Crippen LogP contribution < -0.4 is 20.5 Å². The Morgan fingerprint density at radius 3 is 2.57 bits per heavy atom. The summed E-state index contributed by atoms with van der Waals surface area (Å²) >= 11 is 0. The van der Waals surface area contributed by atoms with Crippen molar-refractivity contribution in [2.45, 2.75) is 13.0 Å². The van der Waals surface area contributed by atoms with Gasteiger partial charge < -0.3 is 20.5 Å². The van der Waals surface area contributed by atoms with Gasteiger partial charge in [-0.05, 0) is 24.6 Å². The van der Waals surface area contributed by atoms with Crippen LogP contribution in [0.25, 0.3) is 0 Å². The minimum Gasteiger partial charge on any atom is -0.493 e. The number of amides is 1. The highest BCUT2D eigenvalue weighted by molar-refractivity contribution is 5.93. The first-order valence-corrected chi connectivity index (χ1v) is 6.38. The molecule has 0 aliphatic heterocycles. The number of carbonyl (C=O) groups excluding carboxylic acids is 1. The van der Waals surface area contributed by atoms with Crippen molar-refractivity contribution in [2.75, 3.05) is 20.0 Å². The molecule has 1 amide bonds. The second-order valence-electron chi connectivity index (χ2n) is 4.52. The van der Waals surface area contributed by atoms with Gasteiger partial charge in [0.15, 0.2) is 11.5 Å². The third-order valence-corrected chi connectivity index (χ3v) is 3.10. The van der Waals surface area contributed by atoms with E-state index in [1.165, 1.54) is 6.07 Å². The highest BCUT2D eigenvalue weighted by atomic mass is 16.5. The number of nitrogen functional groups attached to an aromatic ring is 1. The van der Waals surface area contributed by atoms with Crippen LogP contribution in [0.1, 0.15) is 29.0 Å². The van der Waals surface area contributed by atoms with Crippen molar-refractivity contribution in [3.05, 3.63) is 35.5 Å². The van der Waals surface area contributed by atoms with Crippen LogP contribution in [0.3, 0.4) is 0 Å². The van der Waals surface area contributed by atoms with E-state index in [-0.39, 0.29) is 17.8 Å². The second-order valence-corrected chi connectivity index (χ2v) is 4.52. The molecule has 0 fully saturated rings. The van der Waals surface area contributed by atoms with Gasteiger partial charge in [0.25, 0.3) is 5.91 Å². The van der Waals surface area contributed by atoms with Gasteiger partial charge in [-0.2, -0.15) is 5.10 Å². The summed E-state index contributed by atoms with van der Waals surface area (Å²) in [6.45, 7) is 1.87. The van der Waals surface area contributed by atoms with Crippen molar-refractivity contribution in [1.29, 1.82) is 0 Å². The summed E-state index contributed by atoms with van der Waals surface area (Å²) in [5.74, 6) is 1.25. The summed E-state index contributed by atoms with van der Waals surface area (Å²) in [6.07, 6.45) is 0. The van der Waals surface area contributed by atoms with Crippen LogP contribution in [0.2, 0.25) is 0 Å². The lowest BCUT2D eigenvalue weighted by Gasteiger charge is -2.16. The van der Waals surface area contributed by atoms with Crippen molar-refractivity contribution in [2.24, 2.45) is 0 Å². The predicted molar refractivity (Wildman–Crippen MR) is 78.4 cm³/mol. The number of aromatic nitrogens is 2. The number of nitrogens with one attached hydrogen (secondary N) is 2. The average molecular weight is 290 g/mol. The normalized spacial score (nSPS) is 11.8. The van der Waals surface area contributed by atoms with Crippen molar-refractivity contribution in [3.63, 3.8) is 0 Å². The third kappa shape index (κ3) is 3.25. The maximum atomic E-state index is 12.0. The summed E-state index contributed by atoms with van der Waals surface area (Å²) in [4.78, 5) is 12.0. The molecule has 2 rings (SSSR count). The molecule has 4 N–H and O–H groups in total. The van der Waals surface area contributed by atoms with E-state index >= 15 is 0 Å². The van der Waals surface area contributed by atoms with E-state index in [4.69, 9.17) is 15.2 Å². The SMILES string of the molecule is COc1ccc(C(C)NC(=O)c2cc(N)n[nH]2)cc1OC. The van der Waals surface area contributed by atoms with Crippen LogP contribution in [0.5, 0.6) is 11.5 Å². The van der Waals surface area contributed by atoms with E-state index < -0.39 is 0 Å². The van der Waals surface area contributed by atoms with Gasteiger partial charge in [-0.15, -0.1) is 0 Å². The fourth-order valence-corrected chi connectivity index (χ4v) is 1.93. The molecule has 0 spiro atoms. The molecule has 7 nitrogen and oxygen atoms in total. The molecule has 1 atom stereocenters. The monoisotopic (exact) mass is 290 g/mol. The zero-order valence-corrected chi connectivity index (χ0v) is 12.1. The highest BCUT2D eigenvalue weighted by Gasteiger charge is 2.15. The standard InChI is InChI=1S/C14H18N4O3/c1-8(16-14(19)10-7-13(15)18-17-10)9-4-5-11(20-2)12(6-9)21-3/h4-8H,1-3H3,(H,16,19)(H3,15,17,18). The molecule has 21 heavy (non-hydrogen) atoms. The van der Waals surface area contributed by atoms with Gasteiger partial charge in [-0.25, -0.2) is 0 Å². The van der Waals surface area contributed by atoms with Gasteiger partial charge in [0.1, 0.15) is 11.5 Å². The van der Waals surface area contributed by atoms with E-state index in [2.05, 4.69) is 15.5 Å². The molecule has 0 saturated carbocycles. The topological polar surface area (TPSA) is 102 Å². The molecular weight excluding hydrogens is 272 g/mol. The molecule has 7 heteroatoms. The Hall–Kier alpha value is -2.70. The molecule has 0 radical (unpaired) electrons. The number of methoxy groups -OCH3 is 2. The molecule has 0 saturated heterocycles. The average Bonchev–Trinajstić information content (AvgIpc) is 2.93. The summed E-state index contributed by atoms with van der Waals surface area (Å²) in [6, 6.07) is 6.77. The Morgan fingerprint density at radius 2 is 2.00 bits per heavy atom. The fraction of sp³-hybridized carbons (Fsp3) is 0.286. The van der Waals surface area contributed by atoms with E-state index in [0.29, 0.717) is 17.2 Å². The summed E-state index contributed by atoms with van der Waals surface area (Å²) in [5.41, 5.74) is 6.69. The number of nitrogens with two attached hydrogens (primary N) is 1. The predicted octanol–water partition coefficient (Wildman–Crippen LogP) is 1.50. The Morgan fingerprint density at radius 1 is 1.29 bits per heavy atom. The van der Waals surface area contributed by atoms with Crippen LogP contribution in [-0.4, -0.2) is 30.3 Å². The largest absolute Gasteiger partial charge is 0.493 e. The zero-order valence-electron chi connectivity index (χ0n) is 12.1. The molecular formula is C14H18N4O3. The Bertz CT molecular complexity index is 639. The van der Waals surface area contributed by atoms with E-state index in [1.54, 1.807) is 20.3 Å². The van der Waals surface area contributed by atoms with Gasteiger partial charge >= 0.3 is 0 Å². The van der Waals surface area contributed by atoms with Crippen LogP contribution in [0, 0.1) is 0 Å². The fourth-order valence-electron chi connectivity index (χ4n) is 1.93. The first-order chi connectivity index (χ1) is 10.0. The number of carbonyl (C=O) groups is 1. The Balaban J connectivity index is 2.13. The molecule has 1 aromatic carbocycles. The van der Waals surface area contributed by atoms with E-state index in [0.717, 1.165) is 5.56 Å². The summed E-state index contributed by atoms with van der Waals surface area (Å²) in [5, 5.41) is 9.15. The quantitative estimate of drug-likeness (QED) is 0.774. The number of ether oxygens (including phenoxy) is 2. The molecule has 1 aromatic heterocycles. The summed E-state index contributed by atoms with van der Waals surface area (Å²) in [7, 11) is 3.14. The number of H-pyrrole nitrogens is 1.